The summed E-state index contributed by atoms with van der Waals surface area (Å²) in [5, 5.41) is 19.9. The summed E-state index contributed by atoms with van der Waals surface area (Å²) in [6.45, 7) is 0. The first kappa shape index (κ1) is 13.1. The van der Waals surface area contributed by atoms with Crippen LogP contribution < -0.4 is 4.74 Å². The minimum atomic E-state index is -0.533. The van der Waals surface area contributed by atoms with E-state index in [0.717, 1.165) is 0 Å². The standard InChI is InChI=1S/C13H7BrN2O3/c14-10-5-3-6-11(16(17)18)13(10)19-12-7-2-1-4-9(12)8-15/h1-7H. The van der Waals surface area contributed by atoms with E-state index in [1.54, 1.807) is 36.4 Å². The molecular formula is C13H7BrN2O3. The molecule has 0 radical (unpaired) electrons. The topological polar surface area (TPSA) is 76.2 Å². The SMILES string of the molecule is N#Cc1ccccc1Oc1c(Br)cccc1[N+](=O)[O-]. The fourth-order valence-electron chi connectivity index (χ4n) is 1.50. The van der Waals surface area contributed by atoms with E-state index in [4.69, 9.17) is 10.00 Å². The van der Waals surface area contributed by atoms with Gasteiger partial charge in [-0.1, -0.05) is 18.2 Å². The number of nitro groups is 1. The molecule has 19 heavy (non-hydrogen) atoms. The highest BCUT2D eigenvalue weighted by molar-refractivity contribution is 9.10. The van der Waals surface area contributed by atoms with Crippen molar-refractivity contribution < 1.29 is 9.66 Å². The van der Waals surface area contributed by atoms with Crippen molar-refractivity contribution in [2.24, 2.45) is 0 Å². The number of hydrogen-bond donors (Lipinski definition) is 0. The zero-order valence-electron chi connectivity index (χ0n) is 9.54. The van der Waals surface area contributed by atoms with Gasteiger partial charge in [-0.2, -0.15) is 5.26 Å². The Morgan fingerprint density at radius 3 is 2.63 bits per heavy atom. The molecule has 0 aromatic heterocycles. The molecule has 2 aromatic carbocycles. The first-order valence-corrected chi connectivity index (χ1v) is 6.02. The van der Waals surface area contributed by atoms with Crippen LogP contribution in [-0.2, 0) is 0 Å². The molecule has 0 atom stereocenters. The van der Waals surface area contributed by atoms with E-state index >= 15 is 0 Å². The van der Waals surface area contributed by atoms with Crippen LogP contribution in [0.5, 0.6) is 11.5 Å². The Kier molecular flexibility index (Phi) is 3.78. The molecule has 0 saturated heterocycles. The number of nitro benzene ring substituents is 1. The summed E-state index contributed by atoms with van der Waals surface area (Å²) in [7, 11) is 0. The second kappa shape index (κ2) is 5.50. The Morgan fingerprint density at radius 2 is 1.95 bits per heavy atom. The van der Waals surface area contributed by atoms with Gasteiger partial charge in [-0.05, 0) is 34.1 Å². The average Bonchev–Trinajstić information content (AvgIpc) is 2.41. The summed E-state index contributed by atoms with van der Waals surface area (Å²) in [6.07, 6.45) is 0. The van der Waals surface area contributed by atoms with E-state index in [1.165, 1.54) is 6.07 Å². The summed E-state index contributed by atoms with van der Waals surface area (Å²) >= 11 is 3.21. The minimum Gasteiger partial charge on any atom is -0.448 e. The number of nitrogens with zero attached hydrogens (tertiary/aromatic N) is 2. The number of hydrogen-bond acceptors (Lipinski definition) is 4. The highest BCUT2D eigenvalue weighted by Gasteiger charge is 2.19. The monoisotopic (exact) mass is 318 g/mol. The molecule has 94 valence electrons. The van der Waals surface area contributed by atoms with Gasteiger partial charge in [0.15, 0.2) is 0 Å². The number of ether oxygens (including phenoxy) is 1. The van der Waals surface area contributed by atoms with E-state index in [9.17, 15) is 10.1 Å². The molecule has 0 unspecified atom stereocenters. The lowest BCUT2D eigenvalue weighted by molar-refractivity contribution is -0.385. The third-order valence-corrected chi connectivity index (χ3v) is 2.99. The molecular weight excluding hydrogens is 312 g/mol. The lowest BCUT2D eigenvalue weighted by Gasteiger charge is -2.09. The first-order chi connectivity index (χ1) is 9.13. The summed E-state index contributed by atoms with van der Waals surface area (Å²) in [4.78, 5) is 10.4. The van der Waals surface area contributed by atoms with E-state index in [-0.39, 0.29) is 17.2 Å². The van der Waals surface area contributed by atoms with Gasteiger partial charge in [0.05, 0.1) is 15.0 Å². The van der Waals surface area contributed by atoms with Crippen molar-refractivity contribution in [2.45, 2.75) is 0 Å². The molecule has 0 aliphatic rings. The highest BCUT2D eigenvalue weighted by Crippen LogP contribution is 2.38. The van der Waals surface area contributed by atoms with Crippen LogP contribution in [0.2, 0.25) is 0 Å². The lowest BCUT2D eigenvalue weighted by atomic mass is 10.2. The zero-order valence-corrected chi connectivity index (χ0v) is 11.1. The summed E-state index contributed by atoms with van der Waals surface area (Å²) in [6, 6.07) is 13.1. The predicted octanol–water partition coefficient (Wildman–Crippen LogP) is 4.02. The molecule has 0 aliphatic heterocycles. The van der Waals surface area contributed by atoms with Crippen molar-refractivity contribution in [1.82, 2.24) is 0 Å². The number of benzene rings is 2. The fraction of sp³-hybridized carbons (Fsp3) is 0. The highest BCUT2D eigenvalue weighted by atomic mass is 79.9. The smallest absolute Gasteiger partial charge is 0.312 e. The van der Waals surface area contributed by atoms with Crippen LogP contribution in [-0.4, -0.2) is 4.92 Å². The van der Waals surface area contributed by atoms with Gasteiger partial charge in [0, 0.05) is 6.07 Å². The number of nitriles is 1. The van der Waals surface area contributed by atoms with Gasteiger partial charge < -0.3 is 4.74 Å². The molecule has 5 nitrogen and oxygen atoms in total. The molecule has 0 amide bonds. The van der Waals surface area contributed by atoms with Gasteiger partial charge in [-0.25, -0.2) is 0 Å². The van der Waals surface area contributed by atoms with Gasteiger partial charge in [0.25, 0.3) is 0 Å². The van der Waals surface area contributed by atoms with Crippen molar-refractivity contribution in [1.29, 1.82) is 5.26 Å². The summed E-state index contributed by atoms with van der Waals surface area (Å²) in [5.41, 5.74) is 0.148. The van der Waals surface area contributed by atoms with Crippen LogP contribution in [0.3, 0.4) is 0 Å². The Morgan fingerprint density at radius 1 is 1.21 bits per heavy atom. The Labute approximate surface area is 117 Å². The molecule has 0 spiro atoms. The number of rotatable bonds is 3. The van der Waals surface area contributed by atoms with Crippen molar-refractivity contribution in [3.8, 4) is 17.6 Å². The molecule has 0 heterocycles. The van der Waals surface area contributed by atoms with Gasteiger partial charge >= 0.3 is 5.69 Å². The average molecular weight is 319 g/mol. The quantitative estimate of drug-likeness (QED) is 0.632. The Hall–Kier alpha value is -2.39. The van der Waals surface area contributed by atoms with Crippen LogP contribution in [0.1, 0.15) is 5.56 Å². The molecule has 0 bridgehead atoms. The van der Waals surface area contributed by atoms with Crippen LogP contribution in [0.15, 0.2) is 46.9 Å². The maximum Gasteiger partial charge on any atom is 0.312 e. The molecule has 2 aromatic rings. The second-order valence-electron chi connectivity index (χ2n) is 3.56. The normalized spacial score (nSPS) is 9.68. The molecule has 0 N–H and O–H groups in total. The summed E-state index contributed by atoms with van der Waals surface area (Å²) in [5.74, 6) is 0.357. The zero-order chi connectivity index (χ0) is 13.8. The molecule has 0 fully saturated rings. The van der Waals surface area contributed by atoms with Crippen molar-refractivity contribution in [3.05, 3.63) is 62.6 Å². The van der Waals surface area contributed by atoms with Gasteiger partial charge in [0.2, 0.25) is 5.75 Å². The predicted molar refractivity (Wildman–Crippen MR) is 72.0 cm³/mol. The maximum atomic E-state index is 11.0. The summed E-state index contributed by atoms with van der Waals surface area (Å²) < 4.78 is 5.97. The third-order valence-electron chi connectivity index (χ3n) is 2.36. The van der Waals surface area contributed by atoms with Crippen molar-refractivity contribution in [3.63, 3.8) is 0 Å². The van der Waals surface area contributed by atoms with Crippen molar-refractivity contribution in [2.75, 3.05) is 0 Å². The van der Waals surface area contributed by atoms with Crippen LogP contribution >= 0.6 is 15.9 Å². The molecule has 2 rings (SSSR count). The van der Waals surface area contributed by atoms with E-state index in [0.29, 0.717) is 10.0 Å². The van der Waals surface area contributed by atoms with E-state index in [1.807, 2.05) is 6.07 Å². The molecule has 6 heteroatoms. The van der Waals surface area contributed by atoms with E-state index < -0.39 is 4.92 Å². The second-order valence-corrected chi connectivity index (χ2v) is 4.41. The Bertz CT molecular complexity index is 680. The van der Waals surface area contributed by atoms with Gasteiger partial charge in [0.1, 0.15) is 11.8 Å². The van der Waals surface area contributed by atoms with Crippen LogP contribution in [0, 0.1) is 21.4 Å². The van der Waals surface area contributed by atoms with Crippen LogP contribution in [0.4, 0.5) is 5.69 Å². The maximum absolute atomic E-state index is 11.0. The van der Waals surface area contributed by atoms with E-state index in [2.05, 4.69) is 15.9 Å². The fourth-order valence-corrected chi connectivity index (χ4v) is 1.94. The Balaban J connectivity index is 2.50. The number of halogens is 1. The first-order valence-electron chi connectivity index (χ1n) is 5.23. The largest absolute Gasteiger partial charge is 0.448 e. The minimum absolute atomic E-state index is 0.0789. The third kappa shape index (κ3) is 2.72. The molecule has 0 aliphatic carbocycles. The van der Waals surface area contributed by atoms with Crippen LogP contribution in [0.25, 0.3) is 0 Å². The molecule has 0 saturated carbocycles. The van der Waals surface area contributed by atoms with Gasteiger partial charge in [-0.3, -0.25) is 10.1 Å². The van der Waals surface area contributed by atoms with Gasteiger partial charge in [-0.15, -0.1) is 0 Å². The lowest BCUT2D eigenvalue weighted by Crippen LogP contribution is -1.95. The number of para-hydroxylation sites is 2. The van der Waals surface area contributed by atoms with Crippen molar-refractivity contribution >= 4 is 21.6 Å².